The number of esters is 4. The van der Waals surface area contributed by atoms with Crippen LogP contribution in [0.2, 0.25) is 0 Å². The minimum absolute atomic E-state index is 0.0252. The Labute approximate surface area is 654 Å². The van der Waals surface area contributed by atoms with Gasteiger partial charge in [0.1, 0.15) is 26.4 Å². The highest BCUT2D eigenvalue weighted by Crippen LogP contribution is 2.44. The molecule has 17 aromatic rings. The highest BCUT2D eigenvalue weighted by atomic mass is 16.5. The van der Waals surface area contributed by atoms with Crippen molar-refractivity contribution in [1.29, 1.82) is 5.26 Å². The highest BCUT2D eigenvalue weighted by Gasteiger charge is 2.28. The van der Waals surface area contributed by atoms with Crippen LogP contribution in [0.3, 0.4) is 0 Å². The van der Waals surface area contributed by atoms with Crippen LogP contribution >= 0.6 is 0 Å². The lowest BCUT2D eigenvalue weighted by Gasteiger charge is -2.19. The molecule has 114 heavy (non-hydrogen) atoms. The van der Waals surface area contributed by atoms with Gasteiger partial charge in [0.15, 0.2) is 28.8 Å². The number of para-hydroxylation sites is 2. The molecule has 0 saturated carbocycles. The summed E-state index contributed by atoms with van der Waals surface area (Å²) < 4.78 is 27.9. The molecule has 0 unspecified atom stereocenters. The summed E-state index contributed by atoms with van der Waals surface area (Å²) in [6.07, 6.45) is 0. The van der Waals surface area contributed by atoms with Crippen LogP contribution in [0.5, 0.6) is 0 Å². The summed E-state index contributed by atoms with van der Waals surface area (Å²) in [6.45, 7) is 16.6. The molecule has 0 atom stereocenters. The van der Waals surface area contributed by atoms with E-state index >= 15 is 0 Å². The highest BCUT2D eigenvalue weighted by molar-refractivity contribution is 6.15. The number of nitriles is 1. The standard InChI is InChI=1S/C98H62N8O8/c1-100-84-33-19-17-31-76(84)66-35-37-67(38-36-66)92-102-93(78-45-39-68(75-30-16-15-29-74(75)57-99)55-90(78)105-86-47-41-70(95(107)111-58-62-21-7-3-8-22-62)51-80(86)81-52-71(42-48-87(81)105)96(108)112-59-63-23-9-4-10-24-63)104-94(103-92)79-46-40-69(77-32-18-20-34-85(77)101-2)56-91(79)106-88-49-43-72(97(109)113-60-64-25-11-5-12-26-64)53-82(88)83-54-73(44-50-89(83)106)98(110)114-61-65-27-13-6-14-28-65/h3-56H,58-61H2. The van der Waals surface area contributed by atoms with Crippen molar-refractivity contribution in [2.75, 3.05) is 0 Å². The van der Waals surface area contributed by atoms with Gasteiger partial charge in [0.05, 0.1) is 80.5 Å². The minimum Gasteiger partial charge on any atom is -0.457 e. The Balaban J connectivity index is 0.908. The molecule has 16 nitrogen and oxygen atoms in total. The maximum Gasteiger partial charge on any atom is 0.338 e. The number of ether oxygens (including phenoxy) is 4. The van der Waals surface area contributed by atoms with Crippen LogP contribution in [0.15, 0.2) is 328 Å². The molecule has 0 spiro atoms. The first-order valence-electron chi connectivity index (χ1n) is 36.6. The Morgan fingerprint density at radius 1 is 0.307 bits per heavy atom. The van der Waals surface area contributed by atoms with Crippen LogP contribution in [0.4, 0.5) is 11.4 Å². The van der Waals surface area contributed by atoms with Gasteiger partial charge < -0.3 is 28.1 Å². The number of carbonyl (C=O) groups is 4. The molecule has 0 aliphatic rings. The molecule has 0 fully saturated rings. The summed E-state index contributed by atoms with van der Waals surface area (Å²) in [7, 11) is 0. The molecule has 0 bridgehead atoms. The third kappa shape index (κ3) is 14.2. The molecule has 0 aliphatic heterocycles. The smallest absolute Gasteiger partial charge is 0.338 e. The van der Waals surface area contributed by atoms with Gasteiger partial charge in [-0.3, -0.25) is 0 Å². The summed E-state index contributed by atoms with van der Waals surface area (Å²) in [6, 6.07) is 103. The van der Waals surface area contributed by atoms with Crippen LogP contribution in [0, 0.1) is 24.5 Å². The Morgan fingerprint density at radius 3 is 0.965 bits per heavy atom. The maximum absolute atomic E-state index is 14.3. The van der Waals surface area contributed by atoms with E-state index < -0.39 is 23.9 Å². The number of benzene rings is 14. The van der Waals surface area contributed by atoms with Crippen LogP contribution in [0.1, 0.15) is 69.2 Å². The summed E-state index contributed by atoms with van der Waals surface area (Å²) in [5.74, 6) is -1.64. The number of aromatic nitrogens is 5. The minimum atomic E-state index is -0.568. The Bertz CT molecular complexity index is 6220. The average Bonchev–Trinajstić information content (AvgIpc) is 1.61. The molecule has 0 N–H and O–H groups in total. The maximum atomic E-state index is 14.3. The number of nitrogens with zero attached hydrogens (tertiary/aromatic N) is 8. The zero-order valence-electron chi connectivity index (χ0n) is 60.8. The van der Waals surface area contributed by atoms with E-state index in [1.54, 1.807) is 66.7 Å². The first-order valence-corrected chi connectivity index (χ1v) is 36.6. The van der Waals surface area contributed by atoms with Crippen molar-refractivity contribution in [2.24, 2.45) is 0 Å². The average molecular weight is 1480 g/mol. The SMILES string of the molecule is [C-]#[N+]c1ccccc1-c1ccc(-c2nc(-c3ccc(-c4ccccc4C#N)cc3-n3c4ccc(C(=O)OCc5ccccc5)cc4c4cc(C(=O)OCc5ccccc5)ccc43)nc(-c3ccc(-c4ccccc4[N+]#[C-])cc3-n3c4ccc(C(=O)OCc5ccccc5)cc4c4cc(C(=O)OCc5ccccc5)ccc43)n2)cc1. The van der Waals surface area contributed by atoms with E-state index in [0.29, 0.717) is 111 Å². The summed E-state index contributed by atoms with van der Waals surface area (Å²) >= 11 is 0. The largest absolute Gasteiger partial charge is 0.457 e. The molecule has 3 heterocycles. The van der Waals surface area contributed by atoms with Crippen molar-refractivity contribution < 1.29 is 38.1 Å². The van der Waals surface area contributed by atoms with Crippen LogP contribution in [-0.4, -0.2) is 48.0 Å². The summed E-state index contributed by atoms with van der Waals surface area (Å²) in [5, 5.41) is 13.1. The van der Waals surface area contributed by atoms with Crippen molar-refractivity contribution in [3.63, 3.8) is 0 Å². The van der Waals surface area contributed by atoms with E-state index in [0.717, 1.165) is 33.4 Å². The van der Waals surface area contributed by atoms with Crippen molar-refractivity contribution >= 4 is 78.9 Å². The predicted molar refractivity (Wildman–Crippen MR) is 441 cm³/mol. The normalized spacial score (nSPS) is 11.1. The van der Waals surface area contributed by atoms with Gasteiger partial charge in [-0.1, -0.05) is 224 Å². The Hall–Kier alpha value is -16.0. The van der Waals surface area contributed by atoms with E-state index in [1.807, 2.05) is 270 Å². The van der Waals surface area contributed by atoms with Gasteiger partial charge in [-0.05, 0) is 159 Å². The second kappa shape index (κ2) is 31.3. The predicted octanol–water partition coefficient (Wildman–Crippen LogP) is 22.5. The fourth-order valence-corrected chi connectivity index (χ4v) is 14.5. The third-order valence-corrected chi connectivity index (χ3v) is 20.1. The monoisotopic (exact) mass is 1480 g/mol. The van der Waals surface area contributed by atoms with Crippen molar-refractivity contribution in [3.05, 3.63) is 400 Å². The second-order valence-corrected chi connectivity index (χ2v) is 27.1. The zero-order valence-corrected chi connectivity index (χ0v) is 60.8. The van der Waals surface area contributed by atoms with Crippen molar-refractivity contribution in [1.82, 2.24) is 24.1 Å². The number of carbonyl (C=O) groups excluding carboxylic acids is 4. The summed E-state index contributed by atoms with van der Waals surface area (Å²) in [5.41, 5.74) is 14.8. The van der Waals surface area contributed by atoms with Crippen LogP contribution < -0.4 is 0 Å². The Kier molecular flexibility index (Phi) is 19.5. The van der Waals surface area contributed by atoms with E-state index in [9.17, 15) is 24.4 Å². The van der Waals surface area contributed by atoms with Gasteiger partial charge in [0, 0.05) is 38.2 Å². The fraction of sp³-hybridized carbons (Fsp3) is 0.0408. The molecule has 16 heteroatoms. The molecule has 0 radical (unpaired) electrons. The first kappa shape index (κ1) is 71.0. The fourth-order valence-electron chi connectivity index (χ4n) is 14.5. The van der Waals surface area contributed by atoms with E-state index in [2.05, 4.69) is 15.8 Å². The molecule has 0 amide bonds. The molecular weight excluding hydrogens is 1420 g/mol. The van der Waals surface area contributed by atoms with Crippen molar-refractivity contribution in [3.8, 4) is 85.0 Å². The topological polar surface area (TPSA) is 186 Å². The van der Waals surface area contributed by atoms with E-state index in [4.69, 9.17) is 47.0 Å². The molecule has 3 aromatic heterocycles. The van der Waals surface area contributed by atoms with Gasteiger partial charge in [-0.2, -0.15) is 5.26 Å². The van der Waals surface area contributed by atoms with Crippen molar-refractivity contribution in [2.45, 2.75) is 26.4 Å². The lowest BCUT2D eigenvalue weighted by Crippen LogP contribution is -2.07. The molecule has 0 aliphatic carbocycles. The second-order valence-electron chi connectivity index (χ2n) is 27.1. The van der Waals surface area contributed by atoms with Gasteiger partial charge in [0.25, 0.3) is 0 Å². The lowest BCUT2D eigenvalue weighted by atomic mass is 9.97. The van der Waals surface area contributed by atoms with E-state index in [-0.39, 0.29) is 66.2 Å². The molecule has 14 aromatic carbocycles. The Morgan fingerprint density at radius 2 is 0.605 bits per heavy atom. The van der Waals surface area contributed by atoms with Gasteiger partial charge in [-0.15, -0.1) is 0 Å². The number of hydrogen-bond acceptors (Lipinski definition) is 12. The third-order valence-electron chi connectivity index (χ3n) is 20.1. The quantitative estimate of drug-likeness (QED) is 0.0400. The molecular formula is C98H62N8O8. The van der Waals surface area contributed by atoms with Crippen LogP contribution in [-0.2, 0) is 45.4 Å². The molecule has 542 valence electrons. The van der Waals surface area contributed by atoms with Gasteiger partial charge in [-0.25, -0.2) is 43.8 Å². The number of hydrogen-bond donors (Lipinski definition) is 0. The number of rotatable bonds is 20. The van der Waals surface area contributed by atoms with Crippen LogP contribution in [0.25, 0.3) is 132 Å². The summed E-state index contributed by atoms with van der Waals surface area (Å²) in [4.78, 5) is 81.7. The zero-order chi connectivity index (χ0) is 77.6. The lowest BCUT2D eigenvalue weighted by molar-refractivity contribution is 0.0464. The van der Waals surface area contributed by atoms with E-state index in [1.165, 1.54) is 0 Å². The molecule has 17 rings (SSSR count). The van der Waals surface area contributed by atoms with Gasteiger partial charge >= 0.3 is 23.9 Å². The van der Waals surface area contributed by atoms with Gasteiger partial charge in [0.2, 0.25) is 0 Å². The molecule has 0 saturated heterocycles. The first-order chi connectivity index (χ1) is 56.0. The number of fused-ring (bicyclic) bond motifs is 6.